The quantitative estimate of drug-likeness (QED) is 0.211. The highest BCUT2D eigenvalue weighted by atomic mass is 19.1. The van der Waals surface area contributed by atoms with Crippen LogP contribution in [0.25, 0.3) is 11.1 Å². The Kier molecular flexibility index (Phi) is 8.89. The topological polar surface area (TPSA) is 88.1 Å². The molecule has 0 amide bonds. The van der Waals surface area contributed by atoms with Crippen LogP contribution in [0.4, 0.5) is 4.39 Å². The molecule has 0 unspecified atom stereocenters. The van der Waals surface area contributed by atoms with Crippen LogP contribution in [0.15, 0.2) is 72.9 Å². The first-order valence-electron chi connectivity index (χ1n) is 10.1. The third-order valence-corrected chi connectivity index (χ3v) is 4.23. The van der Waals surface area contributed by atoms with Gasteiger partial charge in [0, 0.05) is 16.7 Å². The summed E-state index contributed by atoms with van der Waals surface area (Å²) in [5, 5.41) is 0. The Morgan fingerprint density at radius 1 is 0.706 bits per heavy atom. The maximum absolute atomic E-state index is 14.5. The van der Waals surface area contributed by atoms with Crippen molar-refractivity contribution in [3.05, 3.63) is 78.7 Å². The van der Waals surface area contributed by atoms with E-state index in [2.05, 4.69) is 19.7 Å². The Morgan fingerprint density at radius 3 is 1.74 bits per heavy atom. The molecule has 8 heteroatoms. The minimum atomic E-state index is -0.757. The number of carbonyl (C=O) groups excluding carboxylic acids is 3. The summed E-state index contributed by atoms with van der Waals surface area (Å²) in [4.78, 5) is 35.2. The number of rotatable bonds is 10. The SMILES string of the molecule is C=C(C)C(=O)OCCOc1ccc(-c2ccc(OC(=O)C(=C)C)c(F)c2)cc1OC(=O)C(=C)C. The minimum absolute atomic E-state index is 0.00655. The molecule has 2 aromatic carbocycles. The molecular weight excluding hydrogens is 443 g/mol. The zero-order valence-electron chi connectivity index (χ0n) is 19.2. The molecule has 178 valence electrons. The molecule has 0 fully saturated rings. The van der Waals surface area contributed by atoms with Crippen LogP contribution in [-0.2, 0) is 19.1 Å². The first kappa shape index (κ1) is 26.1. The first-order chi connectivity index (χ1) is 16.0. The van der Waals surface area contributed by atoms with Crippen molar-refractivity contribution in [3.63, 3.8) is 0 Å². The summed E-state index contributed by atoms with van der Waals surface area (Å²) in [5.41, 5.74) is 1.50. The highest BCUT2D eigenvalue weighted by Crippen LogP contribution is 2.34. The van der Waals surface area contributed by atoms with Crippen molar-refractivity contribution in [1.29, 1.82) is 0 Å². The molecule has 0 atom stereocenters. The van der Waals surface area contributed by atoms with E-state index >= 15 is 0 Å². The van der Waals surface area contributed by atoms with Crippen LogP contribution >= 0.6 is 0 Å². The molecule has 0 saturated heterocycles. The third kappa shape index (κ3) is 7.16. The van der Waals surface area contributed by atoms with E-state index < -0.39 is 23.7 Å². The van der Waals surface area contributed by atoms with Crippen molar-refractivity contribution in [2.24, 2.45) is 0 Å². The fourth-order valence-corrected chi connectivity index (χ4v) is 2.43. The normalized spacial score (nSPS) is 10.1. The number of esters is 3. The van der Waals surface area contributed by atoms with Crippen molar-refractivity contribution < 1.29 is 37.7 Å². The molecule has 0 radical (unpaired) electrons. The van der Waals surface area contributed by atoms with E-state index in [1.807, 2.05) is 0 Å². The standard InChI is InChI=1S/C26H25FO7/c1-15(2)24(28)32-12-11-31-22-10-8-19(14-23(22)34-26(30)17(5)6)18-7-9-21(20(27)13-18)33-25(29)16(3)4/h7-10,13-14H,1,3,5,11-12H2,2,4,6H3. The zero-order valence-corrected chi connectivity index (χ0v) is 19.2. The average Bonchev–Trinajstić information content (AvgIpc) is 2.78. The van der Waals surface area contributed by atoms with Gasteiger partial charge in [0.1, 0.15) is 13.2 Å². The van der Waals surface area contributed by atoms with E-state index in [4.69, 9.17) is 18.9 Å². The fourth-order valence-electron chi connectivity index (χ4n) is 2.43. The highest BCUT2D eigenvalue weighted by molar-refractivity contribution is 5.90. The molecule has 0 spiro atoms. The smallest absolute Gasteiger partial charge is 0.338 e. The summed E-state index contributed by atoms with van der Waals surface area (Å²) in [7, 11) is 0. The molecule has 0 aromatic heterocycles. The Balaban J connectivity index is 2.27. The molecule has 0 aliphatic carbocycles. The van der Waals surface area contributed by atoms with Crippen LogP contribution in [0.2, 0.25) is 0 Å². The van der Waals surface area contributed by atoms with Crippen LogP contribution < -0.4 is 14.2 Å². The van der Waals surface area contributed by atoms with Crippen molar-refractivity contribution in [2.75, 3.05) is 13.2 Å². The lowest BCUT2D eigenvalue weighted by Gasteiger charge is -2.14. The summed E-state index contributed by atoms with van der Waals surface area (Å²) in [5.74, 6) is -2.69. The van der Waals surface area contributed by atoms with Crippen molar-refractivity contribution in [2.45, 2.75) is 20.8 Å². The molecule has 0 aliphatic rings. The van der Waals surface area contributed by atoms with Gasteiger partial charge >= 0.3 is 17.9 Å². The highest BCUT2D eigenvalue weighted by Gasteiger charge is 2.16. The lowest BCUT2D eigenvalue weighted by atomic mass is 10.0. The second-order valence-electron chi connectivity index (χ2n) is 7.41. The van der Waals surface area contributed by atoms with Crippen LogP contribution in [0.3, 0.4) is 0 Å². The van der Waals surface area contributed by atoms with Gasteiger partial charge in [-0.25, -0.2) is 18.8 Å². The number of ether oxygens (including phenoxy) is 4. The lowest BCUT2D eigenvalue weighted by molar-refractivity contribution is -0.139. The second-order valence-corrected chi connectivity index (χ2v) is 7.41. The Hall–Kier alpha value is -4.20. The monoisotopic (exact) mass is 468 g/mol. The summed E-state index contributed by atoms with van der Waals surface area (Å²) in [6, 6.07) is 8.68. The second kappa shape index (κ2) is 11.6. The van der Waals surface area contributed by atoms with E-state index in [1.165, 1.54) is 45.0 Å². The number of halogens is 1. The predicted octanol–water partition coefficient (Wildman–Crippen LogP) is 4.95. The lowest BCUT2D eigenvalue weighted by Crippen LogP contribution is -2.14. The van der Waals surface area contributed by atoms with Gasteiger partial charge in [-0.15, -0.1) is 0 Å². The van der Waals surface area contributed by atoms with E-state index in [9.17, 15) is 18.8 Å². The average molecular weight is 468 g/mol. The molecule has 34 heavy (non-hydrogen) atoms. The molecule has 2 rings (SSSR count). The van der Waals surface area contributed by atoms with E-state index in [0.717, 1.165) is 0 Å². The van der Waals surface area contributed by atoms with Crippen molar-refractivity contribution >= 4 is 17.9 Å². The van der Waals surface area contributed by atoms with Gasteiger partial charge in [-0.05, 0) is 56.2 Å². The predicted molar refractivity (Wildman–Crippen MR) is 124 cm³/mol. The Bertz CT molecular complexity index is 1160. The molecule has 0 bridgehead atoms. The minimum Gasteiger partial charge on any atom is -0.486 e. The largest absolute Gasteiger partial charge is 0.486 e. The van der Waals surface area contributed by atoms with Gasteiger partial charge in [0.25, 0.3) is 0 Å². The molecule has 2 aromatic rings. The molecule has 0 saturated carbocycles. The zero-order chi connectivity index (χ0) is 25.4. The van der Waals surface area contributed by atoms with Crippen molar-refractivity contribution in [3.8, 4) is 28.4 Å². The molecule has 7 nitrogen and oxygen atoms in total. The van der Waals surface area contributed by atoms with Crippen LogP contribution in [0.5, 0.6) is 17.2 Å². The van der Waals surface area contributed by atoms with E-state index in [0.29, 0.717) is 11.1 Å². The number of hydrogen-bond acceptors (Lipinski definition) is 7. The molecule has 0 heterocycles. The van der Waals surface area contributed by atoms with Gasteiger partial charge in [0.05, 0.1) is 0 Å². The maximum atomic E-state index is 14.5. The van der Waals surface area contributed by atoms with Crippen molar-refractivity contribution in [1.82, 2.24) is 0 Å². The summed E-state index contributed by atoms with van der Waals surface area (Å²) >= 11 is 0. The van der Waals surface area contributed by atoms with Crippen LogP contribution in [0.1, 0.15) is 20.8 Å². The molecular formula is C26H25FO7. The third-order valence-electron chi connectivity index (χ3n) is 4.23. The van der Waals surface area contributed by atoms with Gasteiger partial charge in [-0.3, -0.25) is 0 Å². The van der Waals surface area contributed by atoms with Crippen LogP contribution in [-0.4, -0.2) is 31.1 Å². The van der Waals surface area contributed by atoms with Gasteiger partial charge in [0.15, 0.2) is 23.1 Å². The Labute approximate surface area is 197 Å². The molecule has 0 aliphatic heterocycles. The fraction of sp³-hybridized carbons (Fsp3) is 0.192. The Morgan fingerprint density at radius 2 is 1.21 bits per heavy atom. The number of carbonyl (C=O) groups is 3. The maximum Gasteiger partial charge on any atom is 0.338 e. The van der Waals surface area contributed by atoms with Gasteiger partial charge < -0.3 is 18.9 Å². The van der Waals surface area contributed by atoms with E-state index in [-0.39, 0.29) is 47.2 Å². The number of benzene rings is 2. The van der Waals surface area contributed by atoms with Gasteiger partial charge in [0.2, 0.25) is 0 Å². The summed E-state index contributed by atoms with van der Waals surface area (Å²) < 4.78 is 35.4. The van der Waals surface area contributed by atoms with Crippen LogP contribution in [0, 0.1) is 5.82 Å². The van der Waals surface area contributed by atoms with Gasteiger partial charge in [-0.2, -0.15) is 0 Å². The summed E-state index contributed by atoms with van der Waals surface area (Å²) in [6.07, 6.45) is 0. The summed E-state index contributed by atoms with van der Waals surface area (Å²) in [6.45, 7) is 14.9. The molecule has 0 N–H and O–H groups in total. The van der Waals surface area contributed by atoms with Gasteiger partial charge in [-0.1, -0.05) is 31.9 Å². The van der Waals surface area contributed by atoms with E-state index in [1.54, 1.807) is 12.1 Å². The first-order valence-corrected chi connectivity index (χ1v) is 10.1. The number of hydrogen-bond donors (Lipinski definition) is 0.